The Morgan fingerprint density at radius 1 is 0.509 bits per heavy atom. The molecule has 4 nitrogen and oxygen atoms in total. The van der Waals surface area contributed by atoms with E-state index in [9.17, 15) is 0 Å². The maximum Gasteiger partial charge on any atom is 0.164 e. The molecule has 0 saturated heterocycles. The Bertz CT molecular complexity index is 3060. The van der Waals surface area contributed by atoms with E-state index in [0.29, 0.717) is 23.4 Å². The molecular weight excluding hydrogens is 671 g/mol. The van der Waals surface area contributed by atoms with E-state index in [1.54, 1.807) is 0 Å². The molecule has 2 aliphatic rings. The summed E-state index contributed by atoms with van der Waals surface area (Å²) >= 11 is 0. The molecule has 0 spiro atoms. The van der Waals surface area contributed by atoms with Crippen molar-refractivity contribution in [3.8, 4) is 45.3 Å². The molecule has 2 aromatic heterocycles. The largest absolute Gasteiger partial charge is 0.455 e. The van der Waals surface area contributed by atoms with Crippen molar-refractivity contribution in [2.24, 2.45) is 5.92 Å². The third-order valence-corrected chi connectivity index (χ3v) is 11.4. The Balaban J connectivity index is 1.05. The first kappa shape index (κ1) is 31.6. The van der Waals surface area contributed by atoms with E-state index in [1.165, 1.54) is 40.5 Å². The maximum absolute atomic E-state index is 6.64. The minimum absolute atomic E-state index is 0.623. The number of benzene rings is 7. The van der Waals surface area contributed by atoms with Gasteiger partial charge in [-0.25, -0.2) is 15.0 Å². The fourth-order valence-electron chi connectivity index (χ4n) is 8.44. The van der Waals surface area contributed by atoms with E-state index in [2.05, 4.69) is 152 Å². The number of fused-ring (bicyclic) bond motifs is 7. The number of hydrogen-bond acceptors (Lipinski definition) is 4. The zero-order valence-corrected chi connectivity index (χ0v) is 30.1. The topological polar surface area (TPSA) is 51.8 Å². The Hall–Kier alpha value is -6.91. The first-order valence-corrected chi connectivity index (χ1v) is 19.1. The van der Waals surface area contributed by atoms with Crippen molar-refractivity contribution in [3.05, 3.63) is 181 Å². The van der Waals surface area contributed by atoms with Gasteiger partial charge in [0.25, 0.3) is 0 Å². The van der Waals surface area contributed by atoms with Crippen LogP contribution in [-0.2, 0) is 0 Å². The maximum atomic E-state index is 6.64. The molecule has 0 saturated carbocycles. The van der Waals surface area contributed by atoms with E-state index < -0.39 is 0 Å². The highest BCUT2D eigenvalue weighted by molar-refractivity contribution is 6.19. The molecule has 1 atom stereocenters. The molecule has 0 radical (unpaired) electrons. The number of allylic oxidation sites excluding steroid dienone is 6. The molecule has 0 bridgehead atoms. The summed E-state index contributed by atoms with van der Waals surface area (Å²) in [6.45, 7) is 0. The predicted octanol–water partition coefficient (Wildman–Crippen LogP) is 13.4. The molecule has 0 amide bonds. The number of hydrogen-bond donors (Lipinski definition) is 0. The second kappa shape index (κ2) is 12.9. The Morgan fingerprint density at radius 3 is 2.09 bits per heavy atom. The van der Waals surface area contributed by atoms with Crippen LogP contribution in [-0.4, -0.2) is 15.0 Å². The quantitative estimate of drug-likeness (QED) is 0.179. The number of nitrogens with zero attached hydrogens (tertiary/aromatic N) is 3. The molecule has 0 N–H and O–H groups in total. The van der Waals surface area contributed by atoms with Crippen LogP contribution in [0.3, 0.4) is 0 Å². The normalized spacial score (nSPS) is 15.4. The van der Waals surface area contributed by atoms with Crippen LogP contribution in [0.2, 0.25) is 0 Å². The van der Waals surface area contributed by atoms with Gasteiger partial charge >= 0.3 is 0 Å². The van der Waals surface area contributed by atoms with Crippen LogP contribution in [0.1, 0.15) is 24.8 Å². The van der Waals surface area contributed by atoms with Gasteiger partial charge in [-0.15, -0.1) is 0 Å². The van der Waals surface area contributed by atoms with E-state index in [-0.39, 0.29) is 0 Å². The SMILES string of the molecule is C1=CC2=CC(c3ccc(-c4ccc5oc6c7ccccc7c(-c7nc(-c8ccccc8)nc(-c8ccc9ccccc9c8)n7)cc6c5c4)cc3)=CCC2CC1. The summed E-state index contributed by atoms with van der Waals surface area (Å²) in [5, 5.41) is 6.47. The number of furan rings is 1. The molecule has 0 aliphatic heterocycles. The lowest BCUT2D eigenvalue weighted by molar-refractivity contribution is 0.567. The van der Waals surface area contributed by atoms with Gasteiger partial charge in [0, 0.05) is 32.8 Å². The molecular formula is C51H35N3O. The summed E-state index contributed by atoms with van der Waals surface area (Å²) in [7, 11) is 0. The summed E-state index contributed by atoms with van der Waals surface area (Å²) in [5.41, 5.74) is 10.9. The predicted molar refractivity (Wildman–Crippen MR) is 226 cm³/mol. The zero-order valence-electron chi connectivity index (χ0n) is 30.1. The zero-order chi connectivity index (χ0) is 36.3. The third kappa shape index (κ3) is 5.57. The van der Waals surface area contributed by atoms with Crippen molar-refractivity contribution in [1.82, 2.24) is 15.0 Å². The summed E-state index contributed by atoms with van der Waals surface area (Å²) in [6.07, 6.45) is 13.0. The molecule has 2 heterocycles. The van der Waals surface area contributed by atoms with E-state index in [4.69, 9.17) is 19.4 Å². The highest BCUT2D eigenvalue weighted by Crippen LogP contribution is 2.41. The fourth-order valence-corrected chi connectivity index (χ4v) is 8.44. The van der Waals surface area contributed by atoms with Gasteiger partial charge in [0.15, 0.2) is 17.5 Å². The molecule has 9 aromatic rings. The second-order valence-electron chi connectivity index (χ2n) is 14.7. The van der Waals surface area contributed by atoms with E-state index >= 15 is 0 Å². The minimum Gasteiger partial charge on any atom is -0.455 e. The molecule has 4 heteroatoms. The van der Waals surface area contributed by atoms with Gasteiger partial charge in [-0.3, -0.25) is 0 Å². The lowest BCUT2D eigenvalue weighted by atomic mass is 9.81. The summed E-state index contributed by atoms with van der Waals surface area (Å²) in [5.74, 6) is 2.57. The van der Waals surface area contributed by atoms with Crippen molar-refractivity contribution < 1.29 is 4.42 Å². The second-order valence-corrected chi connectivity index (χ2v) is 14.7. The molecule has 2 aliphatic carbocycles. The van der Waals surface area contributed by atoms with Crippen molar-refractivity contribution in [1.29, 1.82) is 0 Å². The van der Waals surface area contributed by atoms with Gasteiger partial charge in [-0.1, -0.05) is 146 Å². The van der Waals surface area contributed by atoms with Gasteiger partial charge in [0.2, 0.25) is 0 Å². The van der Waals surface area contributed by atoms with Crippen molar-refractivity contribution >= 4 is 49.1 Å². The molecule has 7 aromatic carbocycles. The summed E-state index contributed by atoms with van der Waals surface area (Å²) < 4.78 is 6.64. The Labute approximate surface area is 318 Å². The van der Waals surface area contributed by atoms with Crippen LogP contribution in [0.5, 0.6) is 0 Å². The van der Waals surface area contributed by atoms with Crippen molar-refractivity contribution in [2.45, 2.75) is 19.3 Å². The lowest BCUT2D eigenvalue weighted by Gasteiger charge is -2.24. The van der Waals surface area contributed by atoms with Gasteiger partial charge in [-0.2, -0.15) is 0 Å². The Morgan fingerprint density at radius 2 is 1.22 bits per heavy atom. The van der Waals surface area contributed by atoms with Crippen LogP contribution in [0.15, 0.2) is 180 Å². The van der Waals surface area contributed by atoms with Crippen LogP contribution < -0.4 is 0 Å². The van der Waals surface area contributed by atoms with Crippen LogP contribution in [0, 0.1) is 5.92 Å². The van der Waals surface area contributed by atoms with Gasteiger partial charge in [-0.05, 0) is 93.4 Å². The number of aromatic nitrogens is 3. The Kier molecular flexibility index (Phi) is 7.41. The summed E-state index contributed by atoms with van der Waals surface area (Å²) in [6, 6.07) is 51.1. The minimum atomic E-state index is 0.623. The average molecular weight is 706 g/mol. The standard InChI is InChI=1S/C51H35N3O/c1-2-12-36(13-3-1)49-52-50(41-25-23-33-11-5-7-15-38(33)29-41)54-51(53-49)46-31-45-44-30-40(26-27-47(44)55-48(45)43-17-9-8-16-42(43)46)35-20-18-34(19-21-35)39-24-22-32-10-4-6-14-37(32)28-39/h1-3,5-9,11-21,23-32H,4,10,22H2. The molecule has 260 valence electrons. The van der Waals surface area contributed by atoms with Crippen LogP contribution in [0.4, 0.5) is 0 Å². The van der Waals surface area contributed by atoms with Crippen molar-refractivity contribution in [3.63, 3.8) is 0 Å². The number of rotatable bonds is 5. The smallest absolute Gasteiger partial charge is 0.164 e. The van der Waals surface area contributed by atoms with Gasteiger partial charge in [0.05, 0.1) is 0 Å². The third-order valence-electron chi connectivity index (χ3n) is 11.4. The fraction of sp³-hybridized carbons (Fsp3) is 0.0784. The molecule has 55 heavy (non-hydrogen) atoms. The van der Waals surface area contributed by atoms with Crippen LogP contribution >= 0.6 is 0 Å². The van der Waals surface area contributed by atoms with E-state index in [0.717, 1.165) is 66.8 Å². The first-order chi connectivity index (χ1) is 27.2. The first-order valence-electron chi connectivity index (χ1n) is 19.1. The average Bonchev–Trinajstić information content (AvgIpc) is 3.64. The monoisotopic (exact) mass is 705 g/mol. The molecule has 0 fully saturated rings. The van der Waals surface area contributed by atoms with Gasteiger partial charge < -0.3 is 4.42 Å². The molecule has 1 unspecified atom stereocenters. The lowest BCUT2D eigenvalue weighted by Crippen LogP contribution is -2.08. The highest BCUT2D eigenvalue weighted by Gasteiger charge is 2.21. The van der Waals surface area contributed by atoms with Gasteiger partial charge in [0.1, 0.15) is 11.2 Å². The van der Waals surface area contributed by atoms with E-state index in [1.807, 2.05) is 18.2 Å². The van der Waals surface area contributed by atoms with Crippen molar-refractivity contribution in [2.75, 3.05) is 0 Å². The molecule has 11 rings (SSSR count). The van der Waals surface area contributed by atoms with Crippen LogP contribution in [0.25, 0.3) is 94.3 Å². The summed E-state index contributed by atoms with van der Waals surface area (Å²) in [4.78, 5) is 15.4. The highest BCUT2D eigenvalue weighted by atomic mass is 16.3.